The van der Waals surface area contributed by atoms with E-state index in [1.54, 1.807) is 13.3 Å². The summed E-state index contributed by atoms with van der Waals surface area (Å²) in [4.78, 5) is 21.9. The number of benzene rings is 1. The Morgan fingerprint density at radius 3 is 2.71 bits per heavy atom. The fourth-order valence-corrected chi connectivity index (χ4v) is 4.60. The Morgan fingerprint density at radius 1 is 1.18 bits per heavy atom. The van der Waals surface area contributed by atoms with Crippen LogP contribution in [0.15, 0.2) is 36.7 Å². The molecule has 3 fully saturated rings. The number of nitrogens with zero attached hydrogens (tertiary/aromatic N) is 4. The second-order valence-corrected chi connectivity index (χ2v) is 8.10. The lowest BCUT2D eigenvalue weighted by Crippen LogP contribution is -2.47. The number of ether oxygens (including phenoxy) is 1. The standard InChI is InChI=1S/C22H30N4O2/c1-17-23-10-12-25(17)11-9-22(27)26-15-19-3-6-20(26)16-24(14-19)13-18-4-7-21(28-2)8-5-18/h4-5,7-8,10,12,19-20H,3,6,9,11,13-16H2,1-2H3/t19-,20+/m0/s1. The van der Waals surface area contributed by atoms with E-state index in [4.69, 9.17) is 4.74 Å². The second-order valence-electron chi connectivity index (χ2n) is 8.10. The predicted octanol–water partition coefficient (Wildman–Crippen LogP) is 2.71. The first-order valence-electron chi connectivity index (χ1n) is 10.2. The van der Waals surface area contributed by atoms with Gasteiger partial charge in [-0.3, -0.25) is 9.69 Å². The summed E-state index contributed by atoms with van der Waals surface area (Å²) in [6.45, 7) is 6.59. The molecule has 0 spiro atoms. The Bertz CT molecular complexity index is 801. The third-order valence-electron chi connectivity index (χ3n) is 6.16. The Morgan fingerprint density at radius 2 is 2.00 bits per heavy atom. The molecule has 0 N–H and O–H groups in total. The van der Waals surface area contributed by atoms with E-state index in [0.29, 0.717) is 24.9 Å². The molecule has 1 aromatic heterocycles. The van der Waals surface area contributed by atoms with Crippen LogP contribution in [-0.2, 0) is 17.9 Å². The summed E-state index contributed by atoms with van der Waals surface area (Å²) in [6, 6.07) is 8.67. The van der Waals surface area contributed by atoms with Crippen molar-refractivity contribution in [2.24, 2.45) is 5.92 Å². The van der Waals surface area contributed by atoms with Crippen LogP contribution in [0.5, 0.6) is 5.75 Å². The largest absolute Gasteiger partial charge is 0.497 e. The van der Waals surface area contributed by atoms with Gasteiger partial charge >= 0.3 is 0 Å². The number of piperidine rings is 1. The normalized spacial score (nSPS) is 22.3. The van der Waals surface area contributed by atoms with Crippen LogP contribution in [0.25, 0.3) is 0 Å². The molecule has 0 unspecified atom stereocenters. The number of imidazole rings is 1. The van der Waals surface area contributed by atoms with Crippen molar-refractivity contribution in [2.45, 2.75) is 45.3 Å². The van der Waals surface area contributed by atoms with Crippen molar-refractivity contribution in [2.75, 3.05) is 26.7 Å². The minimum Gasteiger partial charge on any atom is -0.497 e. The first kappa shape index (κ1) is 19.0. The topological polar surface area (TPSA) is 50.6 Å². The lowest BCUT2D eigenvalue weighted by atomic mass is 9.94. The summed E-state index contributed by atoms with van der Waals surface area (Å²) >= 11 is 0. The molecule has 0 radical (unpaired) electrons. The highest BCUT2D eigenvalue weighted by molar-refractivity contribution is 5.76. The van der Waals surface area contributed by atoms with Gasteiger partial charge < -0.3 is 14.2 Å². The van der Waals surface area contributed by atoms with Crippen molar-refractivity contribution >= 4 is 5.91 Å². The minimum atomic E-state index is 0.286. The zero-order valence-corrected chi connectivity index (χ0v) is 16.9. The van der Waals surface area contributed by atoms with Crippen LogP contribution in [0.2, 0.25) is 0 Å². The van der Waals surface area contributed by atoms with Gasteiger partial charge in [0.05, 0.1) is 7.11 Å². The monoisotopic (exact) mass is 382 g/mol. The van der Waals surface area contributed by atoms with E-state index in [2.05, 4.69) is 31.5 Å². The van der Waals surface area contributed by atoms with Crippen molar-refractivity contribution < 1.29 is 9.53 Å². The smallest absolute Gasteiger partial charge is 0.224 e. The molecular weight excluding hydrogens is 352 g/mol. The van der Waals surface area contributed by atoms with E-state index in [1.807, 2.05) is 25.3 Å². The van der Waals surface area contributed by atoms with Crippen molar-refractivity contribution in [1.29, 1.82) is 0 Å². The van der Waals surface area contributed by atoms with E-state index in [1.165, 1.54) is 12.0 Å². The predicted molar refractivity (Wildman–Crippen MR) is 108 cm³/mol. The first-order valence-corrected chi connectivity index (χ1v) is 10.2. The van der Waals surface area contributed by atoms with Gasteiger partial charge in [0.25, 0.3) is 0 Å². The highest BCUT2D eigenvalue weighted by Crippen LogP contribution is 2.29. The van der Waals surface area contributed by atoms with Crippen LogP contribution in [0.1, 0.15) is 30.7 Å². The average Bonchev–Trinajstić information content (AvgIpc) is 2.92. The maximum atomic E-state index is 12.9. The fourth-order valence-electron chi connectivity index (χ4n) is 4.60. The van der Waals surface area contributed by atoms with Crippen LogP contribution in [0.4, 0.5) is 0 Å². The molecule has 0 aliphatic carbocycles. The Balaban J connectivity index is 1.37. The maximum Gasteiger partial charge on any atom is 0.224 e. The summed E-state index contributed by atoms with van der Waals surface area (Å²) < 4.78 is 7.32. The number of amides is 1. The Hall–Kier alpha value is -2.34. The highest BCUT2D eigenvalue weighted by atomic mass is 16.5. The molecule has 150 valence electrons. The molecule has 6 heteroatoms. The number of hydrogen-bond acceptors (Lipinski definition) is 4. The summed E-state index contributed by atoms with van der Waals surface area (Å²) in [7, 11) is 1.70. The molecule has 2 atom stereocenters. The molecular formula is C22H30N4O2. The Labute approximate surface area is 167 Å². The van der Waals surface area contributed by atoms with Crippen LogP contribution in [0.3, 0.4) is 0 Å². The molecule has 4 heterocycles. The zero-order valence-electron chi connectivity index (χ0n) is 16.9. The third-order valence-corrected chi connectivity index (χ3v) is 6.16. The third kappa shape index (κ3) is 4.22. The van der Waals surface area contributed by atoms with E-state index >= 15 is 0 Å². The van der Waals surface area contributed by atoms with Gasteiger partial charge in [-0.15, -0.1) is 0 Å². The lowest BCUT2D eigenvalue weighted by molar-refractivity contribution is -0.135. The van der Waals surface area contributed by atoms with Gasteiger partial charge in [-0.2, -0.15) is 0 Å². The lowest BCUT2D eigenvalue weighted by Gasteiger charge is -2.36. The molecule has 5 rings (SSSR count). The average molecular weight is 383 g/mol. The molecule has 3 aliphatic heterocycles. The van der Waals surface area contributed by atoms with Gasteiger partial charge in [-0.25, -0.2) is 4.98 Å². The highest BCUT2D eigenvalue weighted by Gasteiger charge is 2.36. The molecule has 1 aromatic carbocycles. The number of methoxy groups -OCH3 is 1. The Kier molecular flexibility index (Phi) is 5.67. The van der Waals surface area contributed by atoms with Crippen LogP contribution in [0, 0.1) is 12.8 Å². The summed E-state index contributed by atoms with van der Waals surface area (Å²) in [5.74, 6) is 2.73. The minimum absolute atomic E-state index is 0.286. The van der Waals surface area contributed by atoms with Gasteiger partial charge in [-0.05, 0) is 43.4 Å². The molecule has 0 saturated carbocycles. The molecule has 1 amide bonds. The van der Waals surface area contributed by atoms with Gasteiger partial charge in [0.2, 0.25) is 5.91 Å². The molecule has 28 heavy (non-hydrogen) atoms. The van der Waals surface area contributed by atoms with Gasteiger partial charge in [0.1, 0.15) is 11.6 Å². The molecule has 2 bridgehead atoms. The molecule has 2 aromatic rings. The number of carbonyl (C=O) groups is 1. The maximum absolute atomic E-state index is 12.9. The number of carbonyl (C=O) groups excluding carboxylic acids is 1. The number of aryl methyl sites for hydroxylation is 2. The van der Waals surface area contributed by atoms with E-state index in [0.717, 1.165) is 44.2 Å². The van der Waals surface area contributed by atoms with Crippen molar-refractivity contribution in [3.63, 3.8) is 0 Å². The van der Waals surface area contributed by atoms with Gasteiger partial charge in [0, 0.05) is 57.6 Å². The number of aromatic nitrogens is 2. The summed E-state index contributed by atoms with van der Waals surface area (Å²) in [5, 5.41) is 0. The van der Waals surface area contributed by atoms with Crippen LogP contribution >= 0.6 is 0 Å². The fraction of sp³-hybridized carbons (Fsp3) is 0.545. The quantitative estimate of drug-likeness (QED) is 0.771. The van der Waals surface area contributed by atoms with Crippen LogP contribution in [-0.4, -0.2) is 58.0 Å². The second kappa shape index (κ2) is 8.35. The van der Waals surface area contributed by atoms with Crippen molar-refractivity contribution in [3.05, 3.63) is 48.0 Å². The van der Waals surface area contributed by atoms with Crippen molar-refractivity contribution in [3.8, 4) is 5.75 Å². The van der Waals surface area contributed by atoms with E-state index in [-0.39, 0.29) is 5.91 Å². The number of hydrogen-bond donors (Lipinski definition) is 0. The number of rotatable bonds is 6. The van der Waals surface area contributed by atoms with Crippen molar-refractivity contribution in [1.82, 2.24) is 19.4 Å². The summed E-state index contributed by atoms with van der Waals surface area (Å²) in [5.41, 5.74) is 1.30. The van der Waals surface area contributed by atoms with E-state index < -0.39 is 0 Å². The van der Waals surface area contributed by atoms with Crippen LogP contribution < -0.4 is 4.74 Å². The molecule has 3 saturated heterocycles. The molecule has 6 nitrogen and oxygen atoms in total. The zero-order chi connectivity index (χ0) is 19.5. The van der Waals surface area contributed by atoms with Gasteiger partial charge in [0.15, 0.2) is 0 Å². The van der Waals surface area contributed by atoms with Gasteiger partial charge in [-0.1, -0.05) is 12.1 Å². The molecule has 3 aliphatic rings. The number of fused-ring (bicyclic) bond motifs is 4. The van der Waals surface area contributed by atoms with E-state index in [9.17, 15) is 4.79 Å². The SMILES string of the molecule is COc1ccc(CN2C[C@@H]3CC[C@H](C2)N(C(=O)CCn2ccnc2C)C3)cc1. The first-order chi connectivity index (χ1) is 13.6. The summed E-state index contributed by atoms with van der Waals surface area (Å²) in [6.07, 6.45) is 6.66.